The van der Waals surface area contributed by atoms with Crippen molar-refractivity contribution in [3.63, 3.8) is 0 Å². The van der Waals surface area contributed by atoms with Gasteiger partial charge in [-0.25, -0.2) is 9.37 Å². The molecule has 4 unspecified atom stereocenters. The molecule has 11 nitrogen and oxygen atoms in total. The third kappa shape index (κ3) is 3.47. The lowest BCUT2D eigenvalue weighted by molar-refractivity contribution is -0.125. The normalized spacial score (nSPS) is 26.8. The lowest BCUT2D eigenvalue weighted by atomic mass is 9.93. The topological polar surface area (TPSA) is 133 Å². The summed E-state index contributed by atoms with van der Waals surface area (Å²) < 4.78 is 26.0. The Kier molecular flexibility index (Phi) is 5.44. The van der Waals surface area contributed by atoms with E-state index in [4.69, 9.17) is 14.1 Å². The minimum Gasteiger partial charge on any atom is -0.494 e. The fourth-order valence-electron chi connectivity index (χ4n) is 5.68. The molecule has 198 valence electrons. The van der Waals surface area contributed by atoms with Gasteiger partial charge >= 0.3 is 0 Å². The van der Waals surface area contributed by atoms with E-state index >= 15 is 0 Å². The summed E-state index contributed by atoms with van der Waals surface area (Å²) in [6.07, 6.45) is -1.37. The summed E-state index contributed by atoms with van der Waals surface area (Å²) in [4.78, 5) is 32.6. The van der Waals surface area contributed by atoms with Crippen molar-refractivity contribution in [2.75, 3.05) is 20.7 Å². The third-order valence-corrected chi connectivity index (χ3v) is 7.71. The van der Waals surface area contributed by atoms with Crippen molar-refractivity contribution >= 4 is 28.6 Å². The van der Waals surface area contributed by atoms with E-state index in [-0.39, 0.29) is 42.1 Å². The van der Waals surface area contributed by atoms with Gasteiger partial charge in [-0.1, -0.05) is 6.07 Å². The maximum Gasteiger partial charge on any atom is 0.257 e. The Balaban J connectivity index is 1.37. The molecule has 3 N–H and O–H groups in total. The monoisotopic (exact) mass is 522 g/mol. The fraction of sp³-hybridized carbons (Fsp3) is 0.385. The molecular formula is C26H27FN6O5. The second-order valence-corrected chi connectivity index (χ2v) is 9.97. The number of fused-ring (bicyclic) bond motifs is 2. The van der Waals surface area contributed by atoms with Gasteiger partial charge in [-0.2, -0.15) is 5.10 Å². The quantitative estimate of drug-likeness (QED) is 0.461. The number of amides is 2. The number of hydrazone groups is 1. The maximum absolute atomic E-state index is 14.9. The molecule has 0 aliphatic carbocycles. The molecule has 6 rings (SSSR count). The van der Waals surface area contributed by atoms with Crippen molar-refractivity contribution in [2.24, 2.45) is 5.10 Å². The number of carbonyl (C=O) groups is 2. The number of nitrogens with zero attached hydrogens (tertiary/aromatic N) is 4. The zero-order chi connectivity index (χ0) is 26.9. The van der Waals surface area contributed by atoms with Gasteiger partial charge in [-0.05, 0) is 37.6 Å². The number of methoxy groups -OCH3 is 1. The molecule has 38 heavy (non-hydrogen) atoms. The van der Waals surface area contributed by atoms with E-state index in [2.05, 4.69) is 22.7 Å². The molecule has 1 aromatic carbocycles. The molecule has 1 fully saturated rings. The van der Waals surface area contributed by atoms with Gasteiger partial charge in [0.25, 0.3) is 11.8 Å². The van der Waals surface area contributed by atoms with Crippen molar-refractivity contribution in [3.05, 3.63) is 58.7 Å². The van der Waals surface area contributed by atoms with Gasteiger partial charge in [-0.3, -0.25) is 19.9 Å². The predicted octanol–water partition coefficient (Wildman–Crippen LogP) is 1.62. The molecule has 3 aliphatic heterocycles. The molecule has 0 radical (unpaired) electrons. The molecule has 0 saturated carbocycles. The van der Waals surface area contributed by atoms with Gasteiger partial charge in [0.05, 0.1) is 36.9 Å². The minimum absolute atomic E-state index is 0.000880. The first-order chi connectivity index (χ1) is 18.1. The van der Waals surface area contributed by atoms with Crippen LogP contribution in [0.1, 0.15) is 47.1 Å². The number of carbonyl (C=O) groups excluding carboxylic acids is 2. The molecule has 3 aliphatic rings. The number of furan rings is 1. The average molecular weight is 523 g/mol. The summed E-state index contributed by atoms with van der Waals surface area (Å²) in [6, 6.07) is 8.50. The molecular weight excluding hydrogens is 495 g/mol. The second-order valence-electron chi connectivity index (χ2n) is 9.97. The maximum atomic E-state index is 14.9. The molecule has 4 atom stereocenters. The van der Waals surface area contributed by atoms with Crippen LogP contribution < -0.4 is 15.4 Å². The van der Waals surface area contributed by atoms with E-state index in [1.807, 2.05) is 25.0 Å². The minimum atomic E-state index is -1.63. The van der Waals surface area contributed by atoms with E-state index in [1.165, 1.54) is 18.1 Å². The number of pyridine rings is 1. The van der Waals surface area contributed by atoms with Crippen molar-refractivity contribution in [1.29, 1.82) is 0 Å². The highest BCUT2D eigenvalue weighted by atomic mass is 19.1. The predicted molar refractivity (Wildman–Crippen MR) is 134 cm³/mol. The average Bonchev–Trinajstić information content (AvgIpc) is 3.58. The molecule has 0 bridgehead atoms. The Morgan fingerprint density at radius 2 is 2.08 bits per heavy atom. The van der Waals surface area contributed by atoms with E-state index < -0.39 is 29.5 Å². The molecule has 2 aromatic heterocycles. The molecule has 1 saturated heterocycles. The number of hydrogen-bond donors (Lipinski definition) is 3. The number of aliphatic hydroxyl groups excluding tert-OH is 1. The van der Waals surface area contributed by atoms with Gasteiger partial charge in [0.15, 0.2) is 29.0 Å². The summed E-state index contributed by atoms with van der Waals surface area (Å²) in [5, 5.41) is 22.0. The lowest BCUT2D eigenvalue weighted by Crippen LogP contribution is -2.53. The number of rotatable bonds is 5. The number of aliphatic hydroxyl groups is 1. The number of benzene rings is 1. The zero-order valence-corrected chi connectivity index (χ0v) is 21.3. The van der Waals surface area contributed by atoms with Gasteiger partial charge in [0.1, 0.15) is 11.3 Å². The number of likely N-dealkylation sites (N-methyl/N-ethyl adjacent to an activating group) is 1. The van der Waals surface area contributed by atoms with Crippen molar-refractivity contribution in [3.8, 4) is 5.75 Å². The number of hydrogen-bond acceptors (Lipinski definition) is 9. The fourth-order valence-corrected chi connectivity index (χ4v) is 5.68. The molecule has 5 heterocycles. The number of aromatic nitrogens is 1. The van der Waals surface area contributed by atoms with Crippen LogP contribution in [-0.2, 0) is 16.9 Å². The summed E-state index contributed by atoms with van der Waals surface area (Å²) in [7, 11) is 3.24. The third-order valence-electron chi connectivity index (χ3n) is 7.71. The van der Waals surface area contributed by atoms with Crippen LogP contribution in [0.3, 0.4) is 0 Å². The number of nitrogens with one attached hydrogen (secondary N) is 2. The Labute approximate surface area is 217 Å². The smallest absolute Gasteiger partial charge is 0.257 e. The summed E-state index contributed by atoms with van der Waals surface area (Å²) in [5.41, 5.74) is 1.48. The van der Waals surface area contributed by atoms with Crippen LogP contribution in [-0.4, -0.2) is 70.6 Å². The lowest BCUT2D eigenvalue weighted by Gasteiger charge is -2.29. The first-order valence-electron chi connectivity index (χ1n) is 12.2. The van der Waals surface area contributed by atoms with Gasteiger partial charge in [0, 0.05) is 25.4 Å². The standard InChI is InChI=1S/C26H27FN6O5/c1-12-20(13(2)32(3)31-12)15-6-8-17-16(28-15)9-19(38-17)26(24(35)29-25(36)30-26)11-33-10-14-5-7-18(37-4)22(27)21(14)23(33)34/h5-9,13,20,25,30,36H,10-11H2,1-4H3,(H,29,35). The Morgan fingerprint density at radius 1 is 1.29 bits per heavy atom. The first-order valence-corrected chi connectivity index (χ1v) is 12.2. The van der Waals surface area contributed by atoms with Gasteiger partial charge in [-0.15, -0.1) is 0 Å². The van der Waals surface area contributed by atoms with Crippen LogP contribution in [0.25, 0.3) is 11.1 Å². The van der Waals surface area contributed by atoms with Crippen LogP contribution in [0.4, 0.5) is 4.39 Å². The van der Waals surface area contributed by atoms with E-state index in [1.54, 1.807) is 18.2 Å². The SMILES string of the molecule is COc1ccc2c(c1F)C(=O)N(CC1(c3cc4nc(C5C(C)=NN(C)C5C)ccc4o3)NC(O)NC1=O)C2. The van der Waals surface area contributed by atoms with Crippen molar-refractivity contribution in [2.45, 2.75) is 44.2 Å². The van der Waals surface area contributed by atoms with Crippen molar-refractivity contribution < 1.29 is 28.2 Å². The first kappa shape index (κ1) is 24.3. The highest BCUT2D eigenvalue weighted by molar-refractivity contribution is 6.00. The van der Waals surface area contributed by atoms with Crippen LogP contribution in [0, 0.1) is 5.82 Å². The summed E-state index contributed by atoms with van der Waals surface area (Å²) >= 11 is 0. The molecule has 3 aromatic rings. The summed E-state index contributed by atoms with van der Waals surface area (Å²) in [5.74, 6) is -1.78. The van der Waals surface area contributed by atoms with E-state index in [9.17, 15) is 19.1 Å². The zero-order valence-electron chi connectivity index (χ0n) is 21.3. The van der Waals surface area contributed by atoms with Gasteiger partial charge in [0.2, 0.25) is 0 Å². The second kappa shape index (κ2) is 8.50. The summed E-state index contributed by atoms with van der Waals surface area (Å²) in [6.45, 7) is 3.90. The van der Waals surface area contributed by atoms with E-state index in [0.717, 1.165) is 11.4 Å². The van der Waals surface area contributed by atoms with Gasteiger partial charge < -0.3 is 24.5 Å². The Bertz CT molecular complexity index is 1520. The molecule has 2 amide bonds. The highest BCUT2D eigenvalue weighted by Crippen LogP contribution is 2.37. The molecule has 0 spiro atoms. The Morgan fingerprint density at radius 3 is 2.74 bits per heavy atom. The molecule has 12 heteroatoms. The largest absolute Gasteiger partial charge is 0.494 e. The van der Waals surface area contributed by atoms with Crippen LogP contribution >= 0.6 is 0 Å². The number of ether oxygens (including phenoxy) is 1. The van der Waals surface area contributed by atoms with Crippen LogP contribution in [0.2, 0.25) is 0 Å². The van der Waals surface area contributed by atoms with E-state index in [0.29, 0.717) is 16.7 Å². The highest BCUT2D eigenvalue weighted by Gasteiger charge is 2.53. The van der Waals surface area contributed by atoms with Crippen molar-refractivity contribution in [1.82, 2.24) is 25.5 Å². The Hall–Kier alpha value is -4.03. The number of halogens is 1. The van der Waals surface area contributed by atoms with Crippen LogP contribution in [0.5, 0.6) is 5.75 Å². The van der Waals surface area contributed by atoms with Crippen LogP contribution in [0.15, 0.2) is 39.9 Å².